The first-order valence-corrected chi connectivity index (χ1v) is 12.2. The molecule has 1 unspecified atom stereocenters. The van der Waals surface area contributed by atoms with E-state index in [-0.39, 0.29) is 5.92 Å². The SMILES string of the molecule is CCC(c1ccc(C)c(CN(C)S(=O)(=O)c2ccccc2)c1)c1ccc2c(c1)nnn2C. The minimum Gasteiger partial charge on any atom is -0.248 e. The number of fused-ring (bicyclic) bond motifs is 1. The molecule has 0 bridgehead atoms. The fraction of sp³-hybridized carbons (Fsp3) is 0.280. The van der Waals surface area contributed by atoms with Gasteiger partial charge < -0.3 is 0 Å². The van der Waals surface area contributed by atoms with Gasteiger partial charge in [-0.25, -0.2) is 13.1 Å². The summed E-state index contributed by atoms with van der Waals surface area (Å²) in [4.78, 5) is 0.306. The molecule has 0 fully saturated rings. The van der Waals surface area contributed by atoms with Crippen LogP contribution in [0.4, 0.5) is 0 Å². The van der Waals surface area contributed by atoms with Gasteiger partial charge in [-0.2, -0.15) is 4.31 Å². The summed E-state index contributed by atoms with van der Waals surface area (Å²) < 4.78 is 29.2. The van der Waals surface area contributed by atoms with E-state index in [1.807, 2.05) is 20.0 Å². The van der Waals surface area contributed by atoms with Crippen molar-refractivity contribution in [1.82, 2.24) is 19.3 Å². The standard InChI is InChI=1S/C25H28N4O2S/c1-5-23(20-13-14-25-24(16-20)26-27-29(25)4)19-12-11-18(2)21(15-19)17-28(3)32(30,31)22-9-7-6-8-10-22/h6-16,23H,5,17H2,1-4H3. The molecule has 1 aromatic heterocycles. The molecular formula is C25H28N4O2S. The maximum absolute atomic E-state index is 13.0. The molecule has 0 aliphatic carbocycles. The molecule has 7 heteroatoms. The Labute approximate surface area is 189 Å². The van der Waals surface area contributed by atoms with Gasteiger partial charge >= 0.3 is 0 Å². The Hall–Kier alpha value is -3.03. The molecule has 4 rings (SSSR count). The smallest absolute Gasteiger partial charge is 0.243 e. The summed E-state index contributed by atoms with van der Waals surface area (Å²) in [7, 11) is -0.0308. The van der Waals surface area contributed by atoms with Gasteiger partial charge in [-0.15, -0.1) is 5.10 Å². The zero-order valence-corrected chi connectivity index (χ0v) is 19.7. The second-order valence-electron chi connectivity index (χ2n) is 8.18. The molecule has 1 heterocycles. The lowest BCUT2D eigenvalue weighted by molar-refractivity contribution is 0.465. The predicted molar refractivity (Wildman–Crippen MR) is 127 cm³/mol. The Balaban J connectivity index is 1.65. The quantitative estimate of drug-likeness (QED) is 0.413. The van der Waals surface area contributed by atoms with Crippen molar-refractivity contribution in [3.8, 4) is 0 Å². The molecule has 0 spiro atoms. The van der Waals surface area contributed by atoms with Crippen LogP contribution in [-0.2, 0) is 23.6 Å². The lowest BCUT2D eigenvalue weighted by Crippen LogP contribution is -2.26. The fourth-order valence-electron chi connectivity index (χ4n) is 4.11. The molecule has 4 aromatic rings. The number of benzene rings is 3. The van der Waals surface area contributed by atoms with Crippen molar-refractivity contribution in [3.05, 3.63) is 89.0 Å². The molecule has 32 heavy (non-hydrogen) atoms. The number of hydrogen-bond acceptors (Lipinski definition) is 4. The lowest BCUT2D eigenvalue weighted by Gasteiger charge is -2.21. The summed E-state index contributed by atoms with van der Waals surface area (Å²) in [5.74, 6) is 0.191. The number of aryl methyl sites for hydroxylation is 2. The summed E-state index contributed by atoms with van der Waals surface area (Å²) in [5, 5.41) is 8.36. The Morgan fingerprint density at radius 1 is 1.00 bits per heavy atom. The van der Waals surface area contributed by atoms with Gasteiger partial charge in [0.1, 0.15) is 5.52 Å². The minimum absolute atomic E-state index is 0.191. The molecule has 166 valence electrons. The molecule has 0 N–H and O–H groups in total. The molecule has 0 amide bonds. The van der Waals surface area contributed by atoms with Crippen LogP contribution in [0.2, 0.25) is 0 Å². The normalized spacial score (nSPS) is 13.0. The summed E-state index contributed by atoms with van der Waals surface area (Å²) in [6.45, 7) is 4.50. The maximum atomic E-state index is 13.0. The number of nitrogens with zero attached hydrogens (tertiary/aromatic N) is 4. The van der Waals surface area contributed by atoms with Gasteiger partial charge in [-0.1, -0.05) is 54.6 Å². The zero-order chi connectivity index (χ0) is 22.9. The number of sulfonamides is 1. The highest BCUT2D eigenvalue weighted by molar-refractivity contribution is 7.89. The van der Waals surface area contributed by atoms with Crippen LogP contribution in [-0.4, -0.2) is 34.8 Å². The van der Waals surface area contributed by atoms with Gasteiger partial charge in [-0.3, -0.25) is 0 Å². The van der Waals surface area contributed by atoms with Gasteiger partial charge in [0, 0.05) is 26.6 Å². The number of rotatable bonds is 7. The second kappa shape index (κ2) is 8.84. The molecule has 1 atom stereocenters. The second-order valence-corrected chi connectivity index (χ2v) is 10.2. The van der Waals surface area contributed by atoms with Crippen molar-refractivity contribution in [1.29, 1.82) is 0 Å². The first kappa shape index (κ1) is 22.2. The van der Waals surface area contributed by atoms with E-state index < -0.39 is 10.0 Å². The molecule has 0 saturated carbocycles. The largest absolute Gasteiger partial charge is 0.248 e. The van der Waals surface area contributed by atoms with Crippen molar-refractivity contribution in [2.45, 2.75) is 37.6 Å². The van der Waals surface area contributed by atoms with E-state index in [0.29, 0.717) is 11.4 Å². The third kappa shape index (κ3) is 4.18. The topological polar surface area (TPSA) is 68.1 Å². The molecule has 0 saturated heterocycles. The summed E-state index contributed by atoms with van der Waals surface area (Å²) >= 11 is 0. The highest BCUT2D eigenvalue weighted by Gasteiger charge is 2.22. The van der Waals surface area contributed by atoms with Gasteiger partial charge in [-0.05, 0) is 59.9 Å². The van der Waals surface area contributed by atoms with Crippen molar-refractivity contribution < 1.29 is 8.42 Å². The van der Waals surface area contributed by atoms with Crippen LogP contribution < -0.4 is 0 Å². The summed E-state index contributed by atoms with van der Waals surface area (Å²) in [5.41, 5.74) is 6.31. The third-order valence-electron chi connectivity index (χ3n) is 6.07. The molecule has 0 radical (unpaired) electrons. The van der Waals surface area contributed by atoms with E-state index in [4.69, 9.17) is 0 Å². The van der Waals surface area contributed by atoms with E-state index in [1.165, 1.54) is 15.4 Å². The van der Waals surface area contributed by atoms with E-state index in [1.54, 1.807) is 36.0 Å². The van der Waals surface area contributed by atoms with E-state index in [9.17, 15) is 8.42 Å². The highest BCUT2D eigenvalue weighted by atomic mass is 32.2. The monoisotopic (exact) mass is 448 g/mol. The Bertz CT molecular complexity index is 1350. The average Bonchev–Trinajstić information content (AvgIpc) is 3.17. The molecular weight excluding hydrogens is 420 g/mol. The first-order chi connectivity index (χ1) is 15.3. The van der Waals surface area contributed by atoms with Gasteiger partial charge in [0.15, 0.2) is 0 Å². The van der Waals surface area contributed by atoms with Crippen LogP contribution >= 0.6 is 0 Å². The van der Waals surface area contributed by atoms with Crippen molar-refractivity contribution in [2.75, 3.05) is 7.05 Å². The van der Waals surface area contributed by atoms with Gasteiger partial charge in [0.2, 0.25) is 10.0 Å². The van der Waals surface area contributed by atoms with Crippen LogP contribution in [0.1, 0.15) is 41.5 Å². The van der Waals surface area contributed by atoms with E-state index >= 15 is 0 Å². The van der Waals surface area contributed by atoms with Crippen LogP contribution in [0.5, 0.6) is 0 Å². The van der Waals surface area contributed by atoms with E-state index in [0.717, 1.165) is 28.6 Å². The van der Waals surface area contributed by atoms with Gasteiger partial charge in [0.25, 0.3) is 0 Å². The number of aromatic nitrogens is 3. The first-order valence-electron chi connectivity index (χ1n) is 10.7. The van der Waals surface area contributed by atoms with Crippen LogP contribution in [0.25, 0.3) is 11.0 Å². The lowest BCUT2D eigenvalue weighted by atomic mass is 9.87. The minimum atomic E-state index is -3.55. The van der Waals surface area contributed by atoms with Crippen molar-refractivity contribution in [2.24, 2.45) is 7.05 Å². The summed E-state index contributed by atoms with van der Waals surface area (Å²) in [6, 6.07) is 21.2. The van der Waals surface area contributed by atoms with Crippen LogP contribution in [0, 0.1) is 6.92 Å². The van der Waals surface area contributed by atoms with E-state index in [2.05, 4.69) is 53.6 Å². The Morgan fingerprint density at radius 3 is 2.41 bits per heavy atom. The van der Waals surface area contributed by atoms with Crippen molar-refractivity contribution in [3.63, 3.8) is 0 Å². The van der Waals surface area contributed by atoms with Gasteiger partial charge in [0.05, 0.1) is 10.4 Å². The molecule has 6 nitrogen and oxygen atoms in total. The number of hydrogen-bond donors (Lipinski definition) is 0. The Kier molecular flexibility index (Phi) is 6.13. The molecule has 0 aliphatic rings. The van der Waals surface area contributed by atoms with Crippen molar-refractivity contribution >= 4 is 21.1 Å². The molecule has 3 aromatic carbocycles. The van der Waals surface area contributed by atoms with Crippen LogP contribution in [0.15, 0.2) is 71.6 Å². The third-order valence-corrected chi connectivity index (χ3v) is 7.88. The fourth-order valence-corrected chi connectivity index (χ4v) is 5.28. The average molecular weight is 449 g/mol. The van der Waals surface area contributed by atoms with Crippen LogP contribution in [0.3, 0.4) is 0 Å². The maximum Gasteiger partial charge on any atom is 0.243 e. The summed E-state index contributed by atoms with van der Waals surface area (Å²) in [6.07, 6.45) is 0.923. The zero-order valence-electron chi connectivity index (χ0n) is 18.9. The Morgan fingerprint density at radius 2 is 1.69 bits per heavy atom. The highest BCUT2D eigenvalue weighted by Crippen LogP contribution is 2.31. The predicted octanol–water partition coefficient (Wildman–Crippen LogP) is 4.64. The molecule has 0 aliphatic heterocycles.